The van der Waals surface area contributed by atoms with E-state index >= 15 is 0 Å². The van der Waals surface area contributed by atoms with Crippen LogP contribution in [0.15, 0.2) is 24.3 Å². The molecule has 0 saturated heterocycles. The van der Waals surface area contributed by atoms with Gasteiger partial charge in [-0.15, -0.1) is 0 Å². The third kappa shape index (κ3) is 3.63. The van der Waals surface area contributed by atoms with E-state index in [1.807, 2.05) is 12.1 Å². The summed E-state index contributed by atoms with van der Waals surface area (Å²) in [7, 11) is 0. The maximum Gasteiger partial charge on any atom is 0.123 e. The minimum absolute atomic E-state index is 0.189. The summed E-state index contributed by atoms with van der Waals surface area (Å²) in [5, 5.41) is 0. The first kappa shape index (κ1) is 17.7. The molecule has 0 saturated carbocycles. The lowest BCUT2D eigenvalue weighted by molar-refractivity contribution is 0.628. The third-order valence-corrected chi connectivity index (χ3v) is 4.34. The molecule has 1 aromatic carbocycles. The van der Waals surface area contributed by atoms with E-state index in [-0.39, 0.29) is 5.82 Å². The molecule has 124 valence electrons. The highest BCUT2D eigenvalue weighted by Crippen LogP contribution is 2.36. The Morgan fingerprint density at radius 2 is 1.52 bits per heavy atom. The largest absolute Gasteiger partial charge is 0.257 e. The average molecular weight is 313 g/mol. The van der Waals surface area contributed by atoms with Gasteiger partial charge in [-0.25, -0.2) is 4.39 Å². The fourth-order valence-electron chi connectivity index (χ4n) is 3.31. The molecule has 0 amide bonds. The number of aromatic nitrogens is 1. The van der Waals surface area contributed by atoms with E-state index in [0.717, 1.165) is 24.1 Å². The van der Waals surface area contributed by atoms with E-state index in [0.29, 0.717) is 11.8 Å². The molecule has 23 heavy (non-hydrogen) atoms. The van der Waals surface area contributed by atoms with Gasteiger partial charge in [-0.05, 0) is 59.6 Å². The Hall–Kier alpha value is -1.70. The van der Waals surface area contributed by atoms with Gasteiger partial charge >= 0.3 is 0 Å². The molecule has 0 aliphatic carbocycles. The molecule has 0 aliphatic heterocycles. The molecule has 0 spiro atoms. The van der Waals surface area contributed by atoms with E-state index in [4.69, 9.17) is 4.98 Å². The average Bonchev–Trinajstić information content (AvgIpc) is 2.48. The second-order valence-electron chi connectivity index (χ2n) is 6.93. The smallest absolute Gasteiger partial charge is 0.123 e. The van der Waals surface area contributed by atoms with Crippen molar-refractivity contribution in [3.8, 4) is 11.1 Å². The van der Waals surface area contributed by atoms with Crippen molar-refractivity contribution in [3.05, 3.63) is 52.6 Å². The molecule has 1 aromatic heterocycles. The van der Waals surface area contributed by atoms with Gasteiger partial charge < -0.3 is 0 Å². The van der Waals surface area contributed by atoms with Gasteiger partial charge in [0.2, 0.25) is 0 Å². The SMILES string of the molecule is CCCc1c(C(C)C)nc(C(C)C)c(C)c1-c1ccc(F)cc1. The standard InChI is InChI=1S/C21H28FN/c1-7-8-18-19(16-9-11-17(22)12-10-16)15(6)20(13(2)3)23-21(18)14(4)5/h9-14H,7-8H2,1-6H3. The highest BCUT2D eigenvalue weighted by Gasteiger charge is 2.21. The normalized spacial score (nSPS) is 11.5. The van der Waals surface area contributed by atoms with Crippen LogP contribution in [0.4, 0.5) is 4.39 Å². The summed E-state index contributed by atoms with van der Waals surface area (Å²) >= 11 is 0. The molecule has 1 heterocycles. The number of halogens is 1. The number of hydrogen-bond donors (Lipinski definition) is 0. The molecule has 0 unspecified atom stereocenters. The maximum atomic E-state index is 13.4. The zero-order chi connectivity index (χ0) is 17.1. The first-order valence-corrected chi connectivity index (χ1v) is 8.65. The highest BCUT2D eigenvalue weighted by molar-refractivity contribution is 5.73. The second-order valence-corrected chi connectivity index (χ2v) is 6.93. The maximum absolute atomic E-state index is 13.4. The van der Waals surface area contributed by atoms with Gasteiger partial charge in [0.25, 0.3) is 0 Å². The Kier molecular flexibility index (Phi) is 5.56. The molecule has 0 radical (unpaired) electrons. The topological polar surface area (TPSA) is 12.9 Å². The van der Waals surface area contributed by atoms with Crippen molar-refractivity contribution < 1.29 is 4.39 Å². The lowest BCUT2D eigenvalue weighted by Crippen LogP contribution is -2.10. The summed E-state index contributed by atoms with van der Waals surface area (Å²) < 4.78 is 13.4. The lowest BCUT2D eigenvalue weighted by Gasteiger charge is -2.23. The second kappa shape index (κ2) is 7.25. The van der Waals surface area contributed by atoms with Gasteiger partial charge in [0.15, 0.2) is 0 Å². The fraction of sp³-hybridized carbons (Fsp3) is 0.476. The molecular formula is C21H28FN. The molecular weight excluding hydrogens is 285 g/mol. The zero-order valence-corrected chi connectivity index (χ0v) is 15.2. The van der Waals surface area contributed by atoms with Crippen LogP contribution in [0.2, 0.25) is 0 Å². The molecule has 2 heteroatoms. The van der Waals surface area contributed by atoms with E-state index in [1.165, 1.54) is 22.4 Å². The number of rotatable bonds is 5. The van der Waals surface area contributed by atoms with Gasteiger partial charge in [-0.2, -0.15) is 0 Å². The minimum atomic E-state index is -0.189. The Bertz CT molecular complexity index is 669. The van der Waals surface area contributed by atoms with Crippen LogP contribution in [0.3, 0.4) is 0 Å². The van der Waals surface area contributed by atoms with Crippen molar-refractivity contribution in [3.63, 3.8) is 0 Å². The van der Waals surface area contributed by atoms with Gasteiger partial charge in [-0.3, -0.25) is 4.98 Å². The summed E-state index contributed by atoms with van der Waals surface area (Å²) in [4.78, 5) is 5.02. The Balaban J connectivity index is 2.81. The van der Waals surface area contributed by atoms with Gasteiger partial charge in [0.1, 0.15) is 5.82 Å². The molecule has 2 rings (SSSR count). The van der Waals surface area contributed by atoms with Crippen LogP contribution in [-0.2, 0) is 6.42 Å². The summed E-state index contributed by atoms with van der Waals surface area (Å²) in [5.74, 6) is 0.571. The van der Waals surface area contributed by atoms with Gasteiger partial charge in [0.05, 0.1) is 0 Å². The van der Waals surface area contributed by atoms with Crippen LogP contribution in [0, 0.1) is 12.7 Å². The number of pyridine rings is 1. The highest BCUT2D eigenvalue weighted by atomic mass is 19.1. The molecule has 0 bridgehead atoms. The summed E-state index contributed by atoms with van der Waals surface area (Å²) in [6, 6.07) is 6.89. The Morgan fingerprint density at radius 1 is 0.957 bits per heavy atom. The molecule has 0 aliphatic rings. The number of benzene rings is 1. The quantitative estimate of drug-likeness (QED) is 0.622. The monoisotopic (exact) mass is 313 g/mol. The van der Waals surface area contributed by atoms with E-state index in [2.05, 4.69) is 41.5 Å². The van der Waals surface area contributed by atoms with Crippen molar-refractivity contribution in [2.75, 3.05) is 0 Å². The van der Waals surface area contributed by atoms with Gasteiger partial charge in [0, 0.05) is 11.4 Å². The number of hydrogen-bond acceptors (Lipinski definition) is 1. The predicted molar refractivity (Wildman–Crippen MR) is 96.5 cm³/mol. The first-order chi connectivity index (χ1) is 10.9. The van der Waals surface area contributed by atoms with Crippen LogP contribution in [0.25, 0.3) is 11.1 Å². The molecule has 2 aromatic rings. The first-order valence-electron chi connectivity index (χ1n) is 8.65. The van der Waals surface area contributed by atoms with Gasteiger partial charge in [-0.1, -0.05) is 53.2 Å². The zero-order valence-electron chi connectivity index (χ0n) is 15.2. The molecule has 0 N–H and O–H groups in total. The summed E-state index contributed by atoms with van der Waals surface area (Å²) in [6.07, 6.45) is 2.09. The lowest BCUT2D eigenvalue weighted by atomic mass is 9.86. The van der Waals surface area contributed by atoms with E-state index < -0.39 is 0 Å². The number of nitrogens with zero attached hydrogens (tertiary/aromatic N) is 1. The molecule has 1 nitrogen and oxygen atoms in total. The van der Waals surface area contributed by atoms with Crippen LogP contribution >= 0.6 is 0 Å². The predicted octanol–water partition coefficient (Wildman–Crippen LogP) is 6.40. The van der Waals surface area contributed by atoms with E-state index in [9.17, 15) is 4.39 Å². The van der Waals surface area contributed by atoms with Crippen molar-refractivity contribution >= 4 is 0 Å². The van der Waals surface area contributed by atoms with Crippen molar-refractivity contribution in [1.29, 1.82) is 0 Å². The van der Waals surface area contributed by atoms with Crippen molar-refractivity contribution in [2.24, 2.45) is 0 Å². The Morgan fingerprint density at radius 3 is 2.00 bits per heavy atom. The summed E-state index contributed by atoms with van der Waals surface area (Å²) in [6.45, 7) is 13.1. The van der Waals surface area contributed by atoms with E-state index in [1.54, 1.807) is 12.1 Å². The van der Waals surface area contributed by atoms with Crippen LogP contribution in [-0.4, -0.2) is 4.98 Å². The fourth-order valence-corrected chi connectivity index (χ4v) is 3.31. The van der Waals surface area contributed by atoms with Crippen LogP contribution in [0.5, 0.6) is 0 Å². The van der Waals surface area contributed by atoms with Crippen LogP contribution in [0.1, 0.15) is 75.4 Å². The van der Waals surface area contributed by atoms with Crippen molar-refractivity contribution in [2.45, 2.75) is 66.2 Å². The van der Waals surface area contributed by atoms with Crippen molar-refractivity contribution in [1.82, 2.24) is 4.98 Å². The summed E-state index contributed by atoms with van der Waals surface area (Å²) in [5.41, 5.74) is 7.27. The minimum Gasteiger partial charge on any atom is -0.257 e. The third-order valence-electron chi connectivity index (χ3n) is 4.34. The van der Waals surface area contributed by atoms with Crippen LogP contribution < -0.4 is 0 Å². The Labute approximate surface area is 140 Å². The molecule has 0 atom stereocenters. The molecule has 0 fully saturated rings.